The van der Waals surface area contributed by atoms with E-state index in [0.717, 1.165) is 6.07 Å². The minimum atomic E-state index is -1.18. The molecular weight excluding hydrogens is 214 g/mol. The van der Waals surface area contributed by atoms with Gasteiger partial charge in [0.15, 0.2) is 11.6 Å². The molecule has 0 radical (unpaired) electrons. The number of nitrogens with two attached hydrogens (primary N) is 1. The molecule has 0 fully saturated rings. The van der Waals surface area contributed by atoms with Crippen LogP contribution < -0.4 is 10.5 Å². The van der Waals surface area contributed by atoms with Gasteiger partial charge in [-0.2, -0.15) is 4.39 Å². The molecule has 0 aromatic heterocycles. The standard InChI is InChI=1S/C8H7ClF2N2O/c9-4-1-2-5(8(11)7(4)10)14-3-6(12)13/h1-2H,3H2,(H3,12,13). The summed E-state index contributed by atoms with van der Waals surface area (Å²) in [6, 6.07) is 2.33. The highest BCUT2D eigenvalue weighted by molar-refractivity contribution is 6.30. The Morgan fingerprint density at radius 1 is 1.43 bits per heavy atom. The molecule has 0 saturated carbocycles. The van der Waals surface area contributed by atoms with Gasteiger partial charge in [-0.05, 0) is 12.1 Å². The number of rotatable bonds is 3. The second kappa shape index (κ2) is 4.23. The van der Waals surface area contributed by atoms with Crippen molar-refractivity contribution in [2.24, 2.45) is 5.73 Å². The van der Waals surface area contributed by atoms with Gasteiger partial charge >= 0.3 is 0 Å². The van der Waals surface area contributed by atoms with Crippen molar-refractivity contribution in [2.75, 3.05) is 6.61 Å². The fraction of sp³-hybridized carbons (Fsp3) is 0.125. The molecule has 76 valence electrons. The Kier molecular flexibility index (Phi) is 3.24. The van der Waals surface area contributed by atoms with E-state index in [1.165, 1.54) is 6.07 Å². The van der Waals surface area contributed by atoms with E-state index < -0.39 is 11.6 Å². The van der Waals surface area contributed by atoms with Gasteiger partial charge in [0, 0.05) is 0 Å². The molecule has 0 saturated heterocycles. The molecule has 3 nitrogen and oxygen atoms in total. The summed E-state index contributed by atoms with van der Waals surface area (Å²) in [7, 11) is 0. The average Bonchev–Trinajstić information content (AvgIpc) is 2.13. The molecule has 0 aliphatic rings. The maximum Gasteiger partial charge on any atom is 0.202 e. The van der Waals surface area contributed by atoms with E-state index in [2.05, 4.69) is 0 Å². The molecule has 1 rings (SSSR count). The third-order valence-corrected chi connectivity index (χ3v) is 1.67. The first kappa shape index (κ1) is 10.7. The summed E-state index contributed by atoms with van der Waals surface area (Å²) in [6.07, 6.45) is 0. The average molecular weight is 221 g/mol. The first-order chi connectivity index (χ1) is 6.52. The third-order valence-electron chi connectivity index (χ3n) is 1.38. The van der Waals surface area contributed by atoms with Gasteiger partial charge in [0.05, 0.1) is 5.02 Å². The SMILES string of the molecule is N=C(N)COc1ccc(Cl)c(F)c1F. The van der Waals surface area contributed by atoms with Crippen molar-refractivity contribution in [2.45, 2.75) is 0 Å². The zero-order valence-electron chi connectivity index (χ0n) is 6.98. The first-order valence-electron chi connectivity index (χ1n) is 3.61. The molecule has 0 amide bonds. The predicted molar refractivity (Wildman–Crippen MR) is 48.8 cm³/mol. The van der Waals surface area contributed by atoms with E-state index in [1.54, 1.807) is 0 Å². The molecule has 0 atom stereocenters. The third kappa shape index (κ3) is 2.32. The molecule has 1 aromatic rings. The zero-order chi connectivity index (χ0) is 10.7. The lowest BCUT2D eigenvalue weighted by atomic mass is 10.3. The maximum atomic E-state index is 13.0. The van der Waals surface area contributed by atoms with Crippen LogP contribution in [0.1, 0.15) is 0 Å². The van der Waals surface area contributed by atoms with E-state index in [1.807, 2.05) is 0 Å². The van der Waals surface area contributed by atoms with Gasteiger partial charge in [-0.25, -0.2) is 4.39 Å². The van der Waals surface area contributed by atoms with Crippen molar-refractivity contribution in [3.63, 3.8) is 0 Å². The van der Waals surface area contributed by atoms with Crippen LogP contribution in [-0.2, 0) is 0 Å². The Morgan fingerprint density at radius 3 is 2.64 bits per heavy atom. The van der Waals surface area contributed by atoms with Gasteiger partial charge in [-0.15, -0.1) is 0 Å². The van der Waals surface area contributed by atoms with Crippen molar-refractivity contribution in [3.05, 3.63) is 28.8 Å². The van der Waals surface area contributed by atoms with Crippen LogP contribution in [-0.4, -0.2) is 12.4 Å². The number of nitrogens with one attached hydrogen (secondary N) is 1. The van der Waals surface area contributed by atoms with Crippen molar-refractivity contribution >= 4 is 17.4 Å². The van der Waals surface area contributed by atoms with E-state index >= 15 is 0 Å². The van der Waals surface area contributed by atoms with Crippen LogP contribution in [0.3, 0.4) is 0 Å². The summed E-state index contributed by atoms with van der Waals surface area (Å²) in [6.45, 7) is -0.294. The lowest BCUT2D eigenvalue weighted by Gasteiger charge is -2.06. The number of hydrogen-bond donors (Lipinski definition) is 2. The van der Waals surface area contributed by atoms with Gasteiger partial charge in [-0.1, -0.05) is 11.6 Å². The second-order valence-corrected chi connectivity index (χ2v) is 2.89. The minimum absolute atomic E-state index is 0.278. The summed E-state index contributed by atoms with van der Waals surface area (Å²) in [5, 5.41) is 6.50. The number of benzene rings is 1. The highest BCUT2D eigenvalue weighted by Crippen LogP contribution is 2.25. The van der Waals surface area contributed by atoms with E-state index in [4.69, 9.17) is 27.5 Å². The van der Waals surface area contributed by atoms with Crippen LogP contribution in [0.5, 0.6) is 5.75 Å². The fourth-order valence-corrected chi connectivity index (χ4v) is 0.921. The van der Waals surface area contributed by atoms with Crippen LogP contribution in [0.25, 0.3) is 0 Å². The summed E-state index contributed by atoms with van der Waals surface area (Å²) >= 11 is 5.31. The van der Waals surface area contributed by atoms with Crippen molar-refractivity contribution in [1.29, 1.82) is 5.41 Å². The molecule has 0 aliphatic heterocycles. The Balaban J connectivity index is 2.88. The van der Waals surface area contributed by atoms with Gasteiger partial charge in [0.1, 0.15) is 12.4 Å². The summed E-state index contributed by atoms with van der Waals surface area (Å²) in [4.78, 5) is 0. The van der Waals surface area contributed by atoms with Crippen molar-refractivity contribution in [1.82, 2.24) is 0 Å². The molecule has 14 heavy (non-hydrogen) atoms. The van der Waals surface area contributed by atoms with Gasteiger partial charge in [0.2, 0.25) is 5.82 Å². The largest absolute Gasteiger partial charge is 0.483 e. The molecule has 3 N–H and O–H groups in total. The minimum Gasteiger partial charge on any atom is -0.483 e. The monoisotopic (exact) mass is 220 g/mol. The Bertz CT molecular complexity index is 371. The van der Waals surface area contributed by atoms with Crippen LogP contribution in [0, 0.1) is 17.0 Å². The number of amidine groups is 1. The van der Waals surface area contributed by atoms with Crippen molar-refractivity contribution in [3.8, 4) is 5.75 Å². The van der Waals surface area contributed by atoms with Gasteiger partial charge in [0.25, 0.3) is 0 Å². The highest BCUT2D eigenvalue weighted by atomic mass is 35.5. The molecule has 0 heterocycles. The lowest BCUT2D eigenvalue weighted by Crippen LogP contribution is -2.19. The van der Waals surface area contributed by atoms with Crippen LogP contribution >= 0.6 is 11.6 Å². The number of hydrogen-bond acceptors (Lipinski definition) is 2. The van der Waals surface area contributed by atoms with Crippen LogP contribution in [0.4, 0.5) is 8.78 Å². The molecule has 0 unspecified atom stereocenters. The number of halogens is 3. The van der Waals surface area contributed by atoms with Gasteiger partial charge < -0.3 is 10.5 Å². The fourth-order valence-electron chi connectivity index (χ4n) is 0.775. The van der Waals surface area contributed by atoms with E-state index in [0.29, 0.717) is 0 Å². The topological polar surface area (TPSA) is 59.1 Å². The summed E-state index contributed by atoms with van der Waals surface area (Å²) in [5.74, 6) is -2.95. The molecule has 0 bridgehead atoms. The van der Waals surface area contributed by atoms with E-state index in [9.17, 15) is 8.78 Å². The molecule has 1 aromatic carbocycles. The number of ether oxygens (including phenoxy) is 1. The Hall–Kier alpha value is -1.36. The normalized spacial score (nSPS) is 9.93. The predicted octanol–water partition coefficient (Wildman–Crippen LogP) is 1.93. The lowest BCUT2D eigenvalue weighted by molar-refractivity contribution is 0.342. The van der Waals surface area contributed by atoms with E-state index in [-0.39, 0.29) is 23.2 Å². The molecule has 0 spiro atoms. The van der Waals surface area contributed by atoms with Crippen LogP contribution in [0.2, 0.25) is 5.02 Å². The highest BCUT2D eigenvalue weighted by Gasteiger charge is 2.13. The van der Waals surface area contributed by atoms with Gasteiger partial charge in [-0.3, -0.25) is 5.41 Å². The maximum absolute atomic E-state index is 13.0. The Morgan fingerprint density at radius 2 is 2.07 bits per heavy atom. The summed E-state index contributed by atoms with van der Waals surface area (Å²) in [5.41, 5.74) is 4.97. The smallest absolute Gasteiger partial charge is 0.202 e. The first-order valence-corrected chi connectivity index (χ1v) is 3.99. The molecule has 6 heteroatoms. The molecule has 0 aliphatic carbocycles. The second-order valence-electron chi connectivity index (χ2n) is 2.49. The van der Waals surface area contributed by atoms with Crippen LogP contribution in [0.15, 0.2) is 12.1 Å². The quantitative estimate of drug-likeness (QED) is 0.465. The summed E-state index contributed by atoms with van der Waals surface area (Å²) < 4.78 is 30.6. The Labute approximate surface area is 83.9 Å². The molecular formula is C8H7ClF2N2O. The zero-order valence-corrected chi connectivity index (χ0v) is 7.74. The van der Waals surface area contributed by atoms with Crippen molar-refractivity contribution < 1.29 is 13.5 Å².